The molecular formula is C16H18ClNO3S. The average molecular weight is 340 g/mol. The lowest BCUT2D eigenvalue weighted by atomic mass is 10.1. The molecule has 0 aliphatic carbocycles. The van der Waals surface area contributed by atoms with Crippen LogP contribution < -0.4 is 4.72 Å². The van der Waals surface area contributed by atoms with Gasteiger partial charge in [-0.2, -0.15) is 0 Å². The SMILES string of the molecule is O=S(=O)(NCCc1ccc(CCO)cc1)c1ccc(Cl)cc1. The number of rotatable bonds is 7. The summed E-state index contributed by atoms with van der Waals surface area (Å²) in [6.45, 7) is 0.449. The highest BCUT2D eigenvalue weighted by Crippen LogP contribution is 2.14. The normalized spacial score (nSPS) is 11.5. The maximum atomic E-state index is 12.1. The van der Waals surface area contributed by atoms with Crippen molar-refractivity contribution in [2.45, 2.75) is 17.7 Å². The molecule has 0 aliphatic heterocycles. The van der Waals surface area contributed by atoms with Crippen molar-refractivity contribution in [3.05, 3.63) is 64.7 Å². The number of hydrogen-bond acceptors (Lipinski definition) is 3. The Morgan fingerprint density at radius 2 is 1.45 bits per heavy atom. The summed E-state index contributed by atoms with van der Waals surface area (Å²) < 4.78 is 26.8. The Bertz CT molecular complexity index is 697. The fourth-order valence-electron chi connectivity index (χ4n) is 2.03. The van der Waals surface area contributed by atoms with Crippen molar-refractivity contribution in [1.82, 2.24) is 4.72 Å². The molecule has 2 N–H and O–H groups in total. The number of aliphatic hydroxyl groups is 1. The molecule has 2 rings (SSSR count). The predicted octanol–water partition coefficient (Wildman–Crippen LogP) is 2.40. The highest BCUT2D eigenvalue weighted by atomic mass is 35.5. The molecule has 0 atom stereocenters. The van der Waals surface area contributed by atoms with E-state index in [9.17, 15) is 8.42 Å². The number of sulfonamides is 1. The first-order valence-electron chi connectivity index (χ1n) is 6.95. The Morgan fingerprint density at radius 3 is 2.00 bits per heavy atom. The van der Waals surface area contributed by atoms with Gasteiger partial charge in [0.05, 0.1) is 4.90 Å². The summed E-state index contributed by atoms with van der Waals surface area (Å²) in [7, 11) is -3.51. The highest BCUT2D eigenvalue weighted by molar-refractivity contribution is 7.89. The zero-order valence-corrected chi connectivity index (χ0v) is 13.6. The lowest BCUT2D eigenvalue weighted by Gasteiger charge is -2.07. The molecule has 2 aromatic carbocycles. The summed E-state index contributed by atoms with van der Waals surface area (Å²) >= 11 is 5.75. The van der Waals surface area contributed by atoms with E-state index in [1.807, 2.05) is 24.3 Å². The Labute approximate surface area is 135 Å². The summed E-state index contributed by atoms with van der Waals surface area (Å²) in [4.78, 5) is 0.204. The Morgan fingerprint density at radius 1 is 0.909 bits per heavy atom. The van der Waals surface area contributed by atoms with Crippen molar-refractivity contribution in [2.75, 3.05) is 13.2 Å². The molecule has 0 radical (unpaired) electrons. The quantitative estimate of drug-likeness (QED) is 0.814. The van der Waals surface area contributed by atoms with Gasteiger partial charge >= 0.3 is 0 Å². The third-order valence-corrected chi connectivity index (χ3v) is 4.98. The lowest BCUT2D eigenvalue weighted by molar-refractivity contribution is 0.299. The van der Waals surface area contributed by atoms with Gasteiger partial charge in [-0.25, -0.2) is 13.1 Å². The van der Waals surface area contributed by atoms with E-state index in [1.54, 1.807) is 12.1 Å². The molecule has 118 valence electrons. The molecule has 22 heavy (non-hydrogen) atoms. The molecule has 0 amide bonds. The molecule has 0 bridgehead atoms. The largest absolute Gasteiger partial charge is 0.396 e. The lowest BCUT2D eigenvalue weighted by Crippen LogP contribution is -2.25. The predicted molar refractivity (Wildman–Crippen MR) is 87.6 cm³/mol. The van der Waals surface area contributed by atoms with Crippen molar-refractivity contribution < 1.29 is 13.5 Å². The molecule has 0 saturated carbocycles. The number of halogens is 1. The van der Waals surface area contributed by atoms with E-state index in [-0.39, 0.29) is 11.5 Å². The molecule has 0 aliphatic rings. The van der Waals surface area contributed by atoms with E-state index in [0.29, 0.717) is 24.4 Å². The fraction of sp³-hybridized carbons (Fsp3) is 0.250. The van der Waals surface area contributed by atoms with Crippen LogP contribution in [0, 0.1) is 0 Å². The zero-order chi connectivity index (χ0) is 16.0. The number of hydrogen-bond donors (Lipinski definition) is 2. The minimum absolute atomic E-state index is 0.125. The molecule has 0 spiro atoms. The first-order valence-corrected chi connectivity index (χ1v) is 8.81. The van der Waals surface area contributed by atoms with Gasteiger partial charge in [-0.3, -0.25) is 0 Å². The second-order valence-corrected chi connectivity index (χ2v) is 7.10. The minimum atomic E-state index is -3.51. The Kier molecular flexibility index (Phi) is 5.97. The van der Waals surface area contributed by atoms with Crippen LogP contribution in [-0.2, 0) is 22.9 Å². The van der Waals surface area contributed by atoms with Crippen LogP contribution in [0.5, 0.6) is 0 Å². The van der Waals surface area contributed by atoms with Gasteiger partial charge in [-0.1, -0.05) is 35.9 Å². The smallest absolute Gasteiger partial charge is 0.240 e. The summed E-state index contributed by atoms with van der Waals surface area (Å²) in [5.74, 6) is 0. The van der Waals surface area contributed by atoms with Crippen LogP contribution in [-0.4, -0.2) is 26.7 Å². The molecule has 0 unspecified atom stereocenters. The van der Waals surface area contributed by atoms with Crippen LogP contribution >= 0.6 is 11.6 Å². The Balaban J connectivity index is 1.91. The molecule has 4 nitrogen and oxygen atoms in total. The first-order chi connectivity index (χ1) is 10.5. The third kappa shape index (κ3) is 4.81. The van der Waals surface area contributed by atoms with Crippen LogP contribution in [0.3, 0.4) is 0 Å². The number of aliphatic hydroxyl groups excluding tert-OH is 1. The Hall–Kier alpha value is -1.40. The number of benzene rings is 2. The second kappa shape index (κ2) is 7.74. The maximum Gasteiger partial charge on any atom is 0.240 e. The van der Waals surface area contributed by atoms with Gasteiger partial charge in [0.15, 0.2) is 0 Å². The number of nitrogens with one attached hydrogen (secondary N) is 1. The molecule has 0 aromatic heterocycles. The van der Waals surface area contributed by atoms with Gasteiger partial charge in [0.25, 0.3) is 0 Å². The molecule has 2 aromatic rings. The van der Waals surface area contributed by atoms with Gasteiger partial charge in [0, 0.05) is 18.2 Å². The van der Waals surface area contributed by atoms with Crippen LogP contribution in [0.4, 0.5) is 0 Å². The summed E-state index contributed by atoms with van der Waals surface area (Å²) in [6, 6.07) is 13.8. The first kappa shape index (κ1) is 17.0. The average Bonchev–Trinajstić information content (AvgIpc) is 2.50. The summed E-state index contributed by atoms with van der Waals surface area (Å²) in [6.07, 6.45) is 1.23. The van der Waals surface area contributed by atoms with Gasteiger partial charge in [0.1, 0.15) is 0 Å². The van der Waals surface area contributed by atoms with Crippen LogP contribution in [0.15, 0.2) is 53.4 Å². The zero-order valence-electron chi connectivity index (χ0n) is 12.0. The third-order valence-electron chi connectivity index (χ3n) is 3.25. The van der Waals surface area contributed by atoms with Crippen molar-refractivity contribution in [1.29, 1.82) is 0 Å². The van der Waals surface area contributed by atoms with E-state index in [0.717, 1.165) is 11.1 Å². The van der Waals surface area contributed by atoms with Crippen LogP contribution in [0.2, 0.25) is 5.02 Å². The second-order valence-electron chi connectivity index (χ2n) is 4.89. The van der Waals surface area contributed by atoms with E-state index < -0.39 is 10.0 Å². The van der Waals surface area contributed by atoms with Gasteiger partial charge in [-0.05, 0) is 48.2 Å². The van der Waals surface area contributed by atoms with Crippen LogP contribution in [0.25, 0.3) is 0 Å². The molecular weight excluding hydrogens is 322 g/mol. The van der Waals surface area contributed by atoms with Crippen molar-refractivity contribution in [3.8, 4) is 0 Å². The van der Waals surface area contributed by atoms with Gasteiger partial charge in [0.2, 0.25) is 10.0 Å². The summed E-state index contributed by atoms with van der Waals surface area (Å²) in [5, 5.41) is 9.36. The van der Waals surface area contributed by atoms with Gasteiger partial charge in [-0.15, -0.1) is 0 Å². The highest BCUT2D eigenvalue weighted by Gasteiger charge is 2.12. The molecule has 0 saturated heterocycles. The molecule has 0 heterocycles. The van der Waals surface area contributed by atoms with E-state index >= 15 is 0 Å². The van der Waals surface area contributed by atoms with Crippen LogP contribution in [0.1, 0.15) is 11.1 Å². The van der Waals surface area contributed by atoms with Crippen molar-refractivity contribution >= 4 is 21.6 Å². The van der Waals surface area contributed by atoms with E-state index in [2.05, 4.69) is 4.72 Å². The van der Waals surface area contributed by atoms with E-state index in [1.165, 1.54) is 12.1 Å². The van der Waals surface area contributed by atoms with E-state index in [4.69, 9.17) is 16.7 Å². The summed E-state index contributed by atoms with van der Waals surface area (Å²) in [5.41, 5.74) is 2.11. The monoisotopic (exact) mass is 339 g/mol. The van der Waals surface area contributed by atoms with Crippen molar-refractivity contribution in [2.24, 2.45) is 0 Å². The van der Waals surface area contributed by atoms with Crippen molar-refractivity contribution in [3.63, 3.8) is 0 Å². The molecule has 0 fully saturated rings. The van der Waals surface area contributed by atoms with Gasteiger partial charge < -0.3 is 5.11 Å². The minimum Gasteiger partial charge on any atom is -0.396 e. The standard InChI is InChI=1S/C16H18ClNO3S/c17-15-5-7-16(8-6-15)22(20,21)18-11-9-13-1-3-14(4-2-13)10-12-19/h1-8,18-19H,9-12H2. The topological polar surface area (TPSA) is 66.4 Å². The molecule has 6 heteroatoms. The fourth-order valence-corrected chi connectivity index (χ4v) is 3.19. The maximum absolute atomic E-state index is 12.1.